The Hall–Kier alpha value is -2.54. The van der Waals surface area contributed by atoms with Crippen molar-refractivity contribution < 1.29 is 23.1 Å². The molecule has 0 aliphatic heterocycles. The van der Waals surface area contributed by atoms with Crippen LogP contribution in [0.3, 0.4) is 0 Å². The van der Waals surface area contributed by atoms with Gasteiger partial charge < -0.3 is 19.1 Å². The molecular formula is C27H32NO5PS2. The summed E-state index contributed by atoms with van der Waals surface area (Å²) in [7, 11) is -3.93. The molecule has 0 fully saturated rings. The first-order valence-electron chi connectivity index (χ1n) is 11.7. The van der Waals surface area contributed by atoms with Crippen molar-refractivity contribution >= 4 is 37.2 Å². The molecule has 1 amide bonds. The molecule has 0 spiro atoms. The molecule has 192 valence electrons. The van der Waals surface area contributed by atoms with Gasteiger partial charge in [-0.05, 0) is 73.0 Å². The second-order valence-electron chi connectivity index (χ2n) is 7.94. The summed E-state index contributed by atoms with van der Waals surface area (Å²) in [5.41, 5.74) is 0.858. The van der Waals surface area contributed by atoms with Crippen molar-refractivity contribution in [2.24, 2.45) is 0 Å². The van der Waals surface area contributed by atoms with E-state index in [1.165, 1.54) is 0 Å². The number of unbranched alkanes of at least 4 members (excludes halogenated alkanes) is 1. The van der Waals surface area contributed by atoms with E-state index < -0.39 is 19.5 Å². The Morgan fingerprint density at radius 1 is 0.861 bits per heavy atom. The van der Waals surface area contributed by atoms with Crippen LogP contribution < -0.4 is 14.4 Å². The third kappa shape index (κ3) is 8.54. The Labute approximate surface area is 222 Å². The minimum Gasteiger partial charge on any atom is -0.445 e. The van der Waals surface area contributed by atoms with Crippen molar-refractivity contribution in [3.63, 3.8) is 0 Å². The Morgan fingerprint density at radius 3 is 1.86 bits per heavy atom. The highest BCUT2D eigenvalue weighted by molar-refractivity contribution is 7.98. The lowest BCUT2D eigenvalue weighted by Gasteiger charge is -2.28. The minimum atomic E-state index is -3.93. The average molecular weight is 546 g/mol. The molecule has 0 bridgehead atoms. The van der Waals surface area contributed by atoms with E-state index in [2.05, 4.69) is 5.32 Å². The molecule has 3 aromatic carbocycles. The topological polar surface area (TPSA) is 73.9 Å². The Morgan fingerprint density at radius 2 is 1.39 bits per heavy atom. The molecule has 6 nitrogen and oxygen atoms in total. The zero-order chi connectivity index (χ0) is 25.8. The fourth-order valence-corrected chi connectivity index (χ4v) is 6.02. The largest absolute Gasteiger partial charge is 0.453 e. The second-order valence-corrected chi connectivity index (χ2v) is 11.8. The number of hydrogen-bond acceptors (Lipinski definition) is 7. The molecule has 1 N–H and O–H groups in total. The second kappa shape index (κ2) is 14.3. The first-order valence-corrected chi connectivity index (χ1v) is 15.8. The number of amides is 1. The molecule has 0 saturated carbocycles. The smallest absolute Gasteiger partial charge is 0.445 e. The number of ether oxygens (including phenoxy) is 1. The van der Waals surface area contributed by atoms with Crippen molar-refractivity contribution in [1.29, 1.82) is 0 Å². The third-order valence-electron chi connectivity index (χ3n) is 5.29. The van der Waals surface area contributed by atoms with Gasteiger partial charge in [0.25, 0.3) is 0 Å². The van der Waals surface area contributed by atoms with Crippen molar-refractivity contribution in [1.82, 2.24) is 5.32 Å². The molecule has 1 atom stereocenters. The van der Waals surface area contributed by atoms with Gasteiger partial charge in [-0.1, -0.05) is 50.1 Å². The van der Waals surface area contributed by atoms with E-state index in [4.69, 9.17) is 13.8 Å². The van der Waals surface area contributed by atoms with Crippen molar-refractivity contribution in [2.75, 3.05) is 12.5 Å². The lowest BCUT2D eigenvalue weighted by molar-refractivity contribution is 0.136. The summed E-state index contributed by atoms with van der Waals surface area (Å²) in [5, 5.41) is 2.77. The molecular weight excluding hydrogens is 513 g/mol. The molecule has 0 saturated heterocycles. The number of carbonyl (C=O) groups is 1. The summed E-state index contributed by atoms with van der Waals surface area (Å²) < 4.78 is 31.8. The van der Waals surface area contributed by atoms with Crippen LogP contribution in [0.4, 0.5) is 4.79 Å². The highest BCUT2D eigenvalue weighted by atomic mass is 32.2. The Bertz CT molecular complexity index is 1070. The van der Waals surface area contributed by atoms with Gasteiger partial charge in [-0.2, -0.15) is 0 Å². The molecule has 0 aromatic heterocycles. The van der Waals surface area contributed by atoms with Crippen LogP contribution >= 0.6 is 31.1 Å². The van der Waals surface area contributed by atoms with Crippen molar-refractivity contribution in [2.45, 2.75) is 48.4 Å². The zero-order valence-corrected chi connectivity index (χ0v) is 23.2. The van der Waals surface area contributed by atoms with Crippen LogP contribution in [0, 0.1) is 0 Å². The van der Waals surface area contributed by atoms with Crippen LogP contribution in [-0.2, 0) is 15.9 Å². The van der Waals surface area contributed by atoms with Crippen molar-refractivity contribution in [3.05, 3.63) is 84.4 Å². The molecule has 0 unspecified atom stereocenters. The molecule has 0 aliphatic rings. The van der Waals surface area contributed by atoms with E-state index in [9.17, 15) is 9.36 Å². The van der Waals surface area contributed by atoms with Gasteiger partial charge >= 0.3 is 13.7 Å². The van der Waals surface area contributed by atoms with E-state index in [-0.39, 0.29) is 6.61 Å². The SMILES string of the molecule is CCCC[C@@H](NC(=O)OCc1ccccc1)P(=O)(Oc1ccc(SC)cc1)Oc1ccc(SC)cc1. The van der Waals surface area contributed by atoms with Gasteiger partial charge in [0.1, 0.15) is 18.1 Å². The maximum absolute atomic E-state index is 14.4. The van der Waals surface area contributed by atoms with Crippen LogP contribution in [-0.4, -0.2) is 24.4 Å². The fourth-order valence-electron chi connectivity index (χ4n) is 3.32. The standard InChI is InChI=1S/C27H32NO5PS2/c1-4-5-11-26(28-27(29)31-20-21-9-7-6-8-10-21)34(30,32-22-12-16-24(35-2)17-13-22)33-23-14-18-25(36-3)19-15-23/h6-10,12-19,26H,4-5,11,20H2,1-3H3,(H,28,29)/t26-/m0/s1. The predicted octanol–water partition coefficient (Wildman–Crippen LogP) is 8.22. The summed E-state index contributed by atoms with van der Waals surface area (Å²) >= 11 is 3.20. The highest BCUT2D eigenvalue weighted by Gasteiger charge is 2.40. The number of alkyl carbamates (subject to hydrolysis) is 1. The maximum Gasteiger partial charge on any atom is 0.453 e. The van der Waals surface area contributed by atoms with Gasteiger partial charge in [-0.3, -0.25) is 0 Å². The number of nitrogens with one attached hydrogen (secondary N) is 1. The lowest BCUT2D eigenvalue weighted by Crippen LogP contribution is -2.37. The molecule has 0 aliphatic carbocycles. The quantitative estimate of drug-likeness (QED) is 0.171. The number of thioether (sulfide) groups is 2. The number of hydrogen-bond donors (Lipinski definition) is 1. The number of rotatable bonds is 13. The molecule has 36 heavy (non-hydrogen) atoms. The third-order valence-corrected chi connectivity index (χ3v) is 8.86. The minimum absolute atomic E-state index is 0.103. The normalized spacial score (nSPS) is 12.0. The first-order chi connectivity index (χ1) is 17.5. The number of carbonyl (C=O) groups excluding carboxylic acids is 1. The van der Waals surface area contributed by atoms with Crippen LogP contribution in [0.25, 0.3) is 0 Å². The van der Waals surface area contributed by atoms with Gasteiger partial charge in [0.2, 0.25) is 0 Å². The first kappa shape index (κ1) is 28.0. The summed E-state index contributed by atoms with van der Waals surface area (Å²) in [5.74, 6) is -0.100. The monoisotopic (exact) mass is 545 g/mol. The summed E-state index contributed by atoms with van der Waals surface area (Å²) in [6.45, 7) is 2.13. The van der Waals surface area contributed by atoms with E-state index >= 15 is 0 Å². The van der Waals surface area contributed by atoms with Gasteiger partial charge in [-0.15, -0.1) is 23.5 Å². The number of benzene rings is 3. The van der Waals surface area contributed by atoms with Gasteiger partial charge in [0.15, 0.2) is 5.78 Å². The van der Waals surface area contributed by atoms with Crippen LogP contribution in [0.15, 0.2) is 88.7 Å². The highest BCUT2D eigenvalue weighted by Crippen LogP contribution is 2.53. The molecule has 0 heterocycles. The summed E-state index contributed by atoms with van der Waals surface area (Å²) in [6, 6.07) is 24.0. The predicted molar refractivity (Wildman–Crippen MR) is 148 cm³/mol. The molecule has 3 aromatic rings. The van der Waals surface area contributed by atoms with Crippen LogP contribution in [0.2, 0.25) is 0 Å². The lowest BCUT2D eigenvalue weighted by atomic mass is 10.2. The maximum atomic E-state index is 14.4. The zero-order valence-electron chi connectivity index (χ0n) is 20.7. The van der Waals surface area contributed by atoms with E-state index in [0.717, 1.165) is 28.2 Å². The molecule has 0 radical (unpaired) electrons. The molecule has 3 rings (SSSR count). The molecule has 9 heteroatoms. The van der Waals surface area contributed by atoms with Crippen LogP contribution in [0.5, 0.6) is 11.5 Å². The average Bonchev–Trinajstić information content (AvgIpc) is 2.91. The van der Waals surface area contributed by atoms with E-state index in [1.54, 1.807) is 47.8 Å². The van der Waals surface area contributed by atoms with E-state index in [0.29, 0.717) is 17.9 Å². The van der Waals surface area contributed by atoms with Gasteiger partial charge in [-0.25, -0.2) is 9.36 Å². The van der Waals surface area contributed by atoms with Gasteiger partial charge in [0, 0.05) is 9.79 Å². The summed E-state index contributed by atoms with van der Waals surface area (Å²) in [4.78, 5) is 14.8. The summed E-state index contributed by atoms with van der Waals surface area (Å²) in [6.07, 6.45) is 5.25. The van der Waals surface area contributed by atoms with Crippen molar-refractivity contribution in [3.8, 4) is 11.5 Å². The van der Waals surface area contributed by atoms with Gasteiger partial charge in [0.05, 0.1) is 0 Å². The Balaban J connectivity index is 1.84. The van der Waals surface area contributed by atoms with E-state index in [1.807, 2.05) is 74.0 Å². The Kier molecular flexibility index (Phi) is 11.1. The fraction of sp³-hybridized carbons (Fsp3) is 0.296. The van der Waals surface area contributed by atoms with Crippen LogP contribution in [0.1, 0.15) is 31.7 Å².